The first-order valence-electron chi connectivity index (χ1n) is 6.36. The Balaban J connectivity index is 1.71. The van der Waals surface area contributed by atoms with Crippen LogP contribution in [-0.4, -0.2) is 36.0 Å². The fraction of sp³-hybridized carbons (Fsp3) is 0.917. The minimum atomic E-state index is 0.0817. The lowest BCUT2D eigenvalue weighted by Crippen LogP contribution is -2.46. The van der Waals surface area contributed by atoms with E-state index in [-0.39, 0.29) is 11.9 Å². The van der Waals surface area contributed by atoms with E-state index < -0.39 is 0 Å². The van der Waals surface area contributed by atoms with Crippen LogP contribution in [0.2, 0.25) is 0 Å². The van der Waals surface area contributed by atoms with E-state index >= 15 is 0 Å². The molecule has 1 saturated heterocycles. The molecule has 16 heavy (non-hydrogen) atoms. The zero-order chi connectivity index (χ0) is 11.4. The van der Waals surface area contributed by atoms with Gasteiger partial charge in [0.1, 0.15) is 0 Å². The zero-order valence-electron chi connectivity index (χ0n) is 10.00. The predicted octanol–water partition coefficient (Wildman–Crippen LogP) is 1.53. The van der Waals surface area contributed by atoms with Gasteiger partial charge in [0.15, 0.2) is 0 Å². The molecule has 1 saturated carbocycles. The third kappa shape index (κ3) is 3.14. The summed E-state index contributed by atoms with van der Waals surface area (Å²) in [5, 5.41) is 7.26. The second-order valence-electron chi connectivity index (χ2n) is 4.87. The molecule has 1 unspecified atom stereocenters. The van der Waals surface area contributed by atoms with Crippen LogP contribution in [-0.2, 0) is 4.79 Å². The highest BCUT2D eigenvalue weighted by Crippen LogP contribution is 2.26. The van der Waals surface area contributed by atoms with E-state index in [4.69, 9.17) is 0 Å². The van der Waals surface area contributed by atoms with Crippen LogP contribution in [0.15, 0.2) is 0 Å². The Morgan fingerprint density at radius 1 is 1.25 bits per heavy atom. The van der Waals surface area contributed by atoms with E-state index in [1.54, 1.807) is 0 Å². The number of hydrogen-bond donors (Lipinski definition) is 2. The number of nitrogens with one attached hydrogen (secondary N) is 2. The molecule has 1 aliphatic carbocycles. The lowest BCUT2D eigenvalue weighted by Gasteiger charge is -2.28. The van der Waals surface area contributed by atoms with E-state index in [1.807, 2.05) is 11.8 Å². The third-order valence-corrected chi connectivity index (χ3v) is 4.87. The second kappa shape index (κ2) is 5.92. The first-order valence-corrected chi connectivity index (χ1v) is 7.65. The number of carbonyl (C=O) groups excluding carboxylic acids is 1. The summed E-state index contributed by atoms with van der Waals surface area (Å²) < 4.78 is 0. The summed E-state index contributed by atoms with van der Waals surface area (Å²) in [6.45, 7) is 0.997. The average molecular weight is 242 g/mol. The molecule has 1 aliphatic heterocycles. The van der Waals surface area contributed by atoms with Crippen molar-refractivity contribution in [3.8, 4) is 0 Å². The summed E-state index contributed by atoms with van der Waals surface area (Å²) in [5.41, 5.74) is 0. The maximum Gasteiger partial charge on any atom is 0.237 e. The number of hydrogen-bond acceptors (Lipinski definition) is 3. The zero-order valence-corrected chi connectivity index (χ0v) is 10.8. The van der Waals surface area contributed by atoms with Crippen LogP contribution in [0.25, 0.3) is 0 Å². The van der Waals surface area contributed by atoms with Gasteiger partial charge in [-0.25, -0.2) is 0 Å². The molecule has 2 fully saturated rings. The third-order valence-electron chi connectivity index (χ3n) is 3.73. The quantitative estimate of drug-likeness (QED) is 0.788. The Labute approximate surface area is 102 Å². The molecule has 2 rings (SSSR count). The van der Waals surface area contributed by atoms with Crippen molar-refractivity contribution in [2.24, 2.45) is 0 Å². The van der Waals surface area contributed by atoms with Crippen LogP contribution >= 0.6 is 11.8 Å². The lowest BCUT2D eigenvalue weighted by molar-refractivity contribution is -0.123. The largest absolute Gasteiger partial charge is 0.352 e. The molecule has 1 heterocycles. The Kier molecular flexibility index (Phi) is 4.53. The van der Waals surface area contributed by atoms with Gasteiger partial charge in [-0.05, 0) is 51.3 Å². The van der Waals surface area contributed by atoms with E-state index in [0.29, 0.717) is 6.04 Å². The van der Waals surface area contributed by atoms with Gasteiger partial charge in [0.05, 0.1) is 6.04 Å². The average Bonchev–Trinajstić information content (AvgIpc) is 2.83. The predicted molar refractivity (Wildman–Crippen MR) is 68.7 cm³/mol. The van der Waals surface area contributed by atoms with Gasteiger partial charge >= 0.3 is 0 Å². The molecule has 1 amide bonds. The molecule has 0 aromatic rings. The molecular formula is C12H22N2OS. The van der Waals surface area contributed by atoms with Crippen LogP contribution in [0.4, 0.5) is 0 Å². The van der Waals surface area contributed by atoms with Crippen molar-refractivity contribution >= 4 is 17.7 Å². The van der Waals surface area contributed by atoms with Gasteiger partial charge in [0.25, 0.3) is 0 Å². The van der Waals surface area contributed by atoms with Crippen LogP contribution in [0.1, 0.15) is 38.5 Å². The number of thioether (sulfide) groups is 1. The second-order valence-corrected chi connectivity index (χ2v) is 6.00. The first-order chi connectivity index (χ1) is 7.79. The Morgan fingerprint density at radius 2 is 2.00 bits per heavy atom. The smallest absolute Gasteiger partial charge is 0.237 e. The Morgan fingerprint density at radius 3 is 2.56 bits per heavy atom. The van der Waals surface area contributed by atoms with Gasteiger partial charge in [-0.3, -0.25) is 4.79 Å². The van der Waals surface area contributed by atoms with Gasteiger partial charge in [-0.2, -0.15) is 11.8 Å². The summed E-state index contributed by atoms with van der Waals surface area (Å²) in [5.74, 6) is 0.227. The van der Waals surface area contributed by atoms with Crippen molar-refractivity contribution in [1.82, 2.24) is 10.6 Å². The summed E-state index contributed by atoms with van der Waals surface area (Å²) in [4.78, 5) is 11.9. The van der Waals surface area contributed by atoms with Gasteiger partial charge < -0.3 is 10.6 Å². The molecular weight excluding hydrogens is 220 g/mol. The van der Waals surface area contributed by atoms with Gasteiger partial charge in [-0.15, -0.1) is 0 Å². The molecule has 4 heteroatoms. The molecule has 92 valence electrons. The minimum Gasteiger partial charge on any atom is -0.352 e. The van der Waals surface area contributed by atoms with Crippen LogP contribution < -0.4 is 10.6 Å². The maximum absolute atomic E-state index is 11.9. The van der Waals surface area contributed by atoms with Crippen molar-refractivity contribution in [2.45, 2.75) is 55.9 Å². The SMILES string of the molecule is CSC1CCC(NC(=O)C2CCCN2)CC1. The van der Waals surface area contributed by atoms with Crippen molar-refractivity contribution in [1.29, 1.82) is 0 Å². The topological polar surface area (TPSA) is 41.1 Å². The van der Waals surface area contributed by atoms with E-state index in [2.05, 4.69) is 16.9 Å². The van der Waals surface area contributed by atoms with Crippen molar-refractivity contribution in [2.75, 3.05) is 12.8 Å². The molecule has 0 aromatic carbocycles. The highest BCUT2D eigenvalue weighted by atomic mass is 32.2. The number of amides is 1. The van der Waals surface area contributed by atoms with Gasteiger partial charge in [0, 0.05) is 11.3 Å². The molecule has 0 spiro atoms. The van der Waals surface area contributed by atoms with Gasteiger partial charge in [-0.1, -0.05) is 0 Å². The summed E-state index contributed by atoms with van der Waals surface area (Å²) in [7, 11) is 0. The van der Waals surface area contributed by atoms with Crippen molar-refractivity contribution in [3.05, 3.63) is 0 Å². The van der Waals surface area contributed by atoms with Crippen molar-refractivity contribution in [3.63, 3.8) is 0 Å². The molecule has 3 nitrogen and oxygen atoms in total. The molecule has 0 bridgehead atoms. The van der Waals surface area contributed by atoms with Crippen LogP contribution in [0.5, 0.6) is 0 Å². The fourth-order valence-corrected chi connectivity index (χ4v) is 3.40. The molecule has 2 N–H and O–H groups in total. The van der Waals surface area contributed by atoms with E-state index in [9.17, 15) is 4.79 Å². The standard InChI is InChI=1S/C12H22N2OS/c1-16-10-6-4-9(5-7-10)14-12(15)11-3-2-8-13-11/h9-11,13H,2-8H2,1H3,(H,14,15). The van der Waals surface area contributed by atoms with Crippen LogP contribution in [0, 0.1) is 0 Å². The molecule has 1 atom stereocenters. The van der Waals surface area contributed by atoms with Crippen LogP contribution in [0.3, 0.4) is 0 Å². The maximum atomic E-state index is 11.9. The van der Waals surface area contributed by atoms with Crippen molar-refractivity contribution < 1.29 is 4.79 Å². The fourth-order valence-electron chi connectivity index (χ4n) is 2.65. The highest BCUT2D eigenvalue weighted by molar-refractivity contribution is 7.99. The number of carbonyl (C=O) groups is 1. The lowest BCUT2D eigenvalue weighted by atomic mass is 9.94. The van der Waals surface area contributed by atoms with E-state index in [0.717, 1.165) is 37.5 Å². The summed E-state index contributed by atoms with van der Waals surface area (Å²) in [6, 6.07) is 0.511. The van der Waals surface area contributed by atoms with Gasteiger partial charge in [0.2, 0.25) is 5.91 Å². The minimum absolute atomic E-state index is 0.0817. The van der Waals surface area contributed by atoms with E-state index in [1.165, 1.54) is 12.8 Å². The Hall–Kier alpha value is -0.220. The Bertz CT molecular complexity index is 233. The number of rotatable bonds is 3. The molecule has 0 radical (unpaired) electrons. The molecule has 0 aromatic heterocycles. The normalized spacial score (nSPS) is 34.9. The monoisotopic (exact) mass is 242 g/mol. The highest BCUT2D eigenvalue weighted by Gasteiger charge is 2.26. The summed E-state index contributed by atoms with van der Waals surface area (Å²) >= 11 is 1.97. The molecule has 2 aliphatic rings. The first kappa shape index (κ1) is 12.2. The summed E-state index contributed by atoms with van der Waals surface area (Å²) in [6.07, 6.45) is 9.15.